The average molecular weight is 298 g/mol. The molecule has 6 nitrogen and oxygen atoms in total. The lowest BCUT2D eigenvalue weighted by Crippen LogP contribution is -2.09. The van der Waals surface area contributed by atoms with Crippen molar-refractivity contribution in [3.8, 4) is 11.8 Å². The van der Waals surface area contributed by atoms with Gasteiger partial charge in [-0.2, -0.15) is 0 Å². The zero-order chi connectivity index (χ0) is 16.5. The molecule has 0 aliphatic carbocycles. The predicted octanol–water partition coefficient (Wildman–Crippen LogP) is 1.85. The fourth-order valence-corrected chi connectivity index (χ4v) is 1.69. The molecule has 0 saturated carbocycles. The van der Waals surface area contributed by atoms with E-state index in [9.17, 15) is 0 Å². The van der Waals surface area contributed by atoms with Gasteiger partial charge in [-0.15, -0.1) is 0 Å². The standard InChI is InChI=1S/C14H16N6.C2H6/c15-11-7-9(3-5-13(11)19-17)1-2-10-4-6-14(20-18)12(16)8-10;1-2/h3-8,19-20H,15-18H2;1-2H3. The van der Waals surface area contributed by atoms with Crippen LogP contribution in [0.3, 0.4) is 0 Å². The zero-order valence-electron chi connectivity index (χ0n) is 12.8. The van der Waals surface area contributed by atoms with E-state index in [4.69, 9.17) is 23.2 Å². The molecular weight excluding hydrogens is 276 g/mol. The molecule has 0 aromatic heterocycles. The van der Waals surface area contributed by atoms with Crippen molar-refractivity contribution in [3.05, 3.63) is 47.5 Å². The van der Waals surface area contributed by atoms with E-state index in [0.29, 0.717) is 22.7 Å². The fourth-order valence-electron chi connectivity index (χ4n) is 1.69. The molecule has 0 bridgehead atoms. The van der Waals surface area contributed by atoms with E-state index < -0.39 is 0 Å². The highest BCUT2D eigenvalue weighted by Gasteiger charge is 1.98. The molecule has 2 aromatic rings. The zero-order valence-corrected chi connectivity index (χ0v) is 12.8. The molecule has 2 rings (SSSR count). The molecule has 0 fully saturated rings. The molecule has 0 aliphatic rings. The fraction of sp³-hybridized carbons (Fsp3) is 0.125. The smallest absolute Gasteiger partial charge is 0.0716 e. The number of nitrogen functional groups attached to an aromatic ring is 4. The van der Waals surface area contributed by atoms with Gasteiger partial charge < -0.3 is 22.3 Å². The van der Waals surface area contributed by atoms with E-state index in [1.807, 2.05) is 26.0 Å². The number of hydrogen-bond acceptors (Lipinski definition) is 6. The van der Waals surface area contributed by atoms with E-state index in [0.717, 1.165) is 11.1 Å². The summed E-state index contributed by atoms with van der Waals surface area (Å²) in [7, 11) is 0. The summed E-state index contributed by atoms with van der Waals surface area (Å²) in [5.41, 5.74) is 20.6. The van der Waals surface area contributed by atoms with Gasteiger partial charge in [-0.1, -0.05) is 25.7 Å². The topological polar surface area (TPSA) is 128 Å². The lowest BCUT2D eigenvalue weighted by molar-refractivity contribution is 1.35. The van der Waals surface area contributed by atoms with Gasteiger partial charge in [-0.3, -0.25) is 11.7 Å². The molecule has 0 radical (unpaired) electrons. The number of hydrazine groups is 2. The number of benzene rings is 2. The minimum Gasteiger partial charge on any atom is -0.397 e. The Balaban J connectivity index is 0.00000116. The number of hydrogen-bond donors (Lipinski definition) is 6. The second-order valence-electron chi connectivity index (χ2n) is 4.14. The molecule has 10 N–H and O–H groups in total. The van der Waals surface area contributed by atoms with Crippen LogP contribution in [0.25, 0.3) is 0 Å². The van der Waals surface area contributed by atoms with Crippen LogP contribution >= 0.6 is 0 Å². The van der Waals surface area contributed by atoms with Crippen molar-refractivity contribution in [2.75, 3.05) is 22.3 Å². The van der Waals surface area contributed by atoms with Gasteiger partial charge in [0.05, 0.1) is 22.7 Å². The minimum absolute atomic E-state index is 0.543. The molecule has 0 atom stereocenters. The Bertz CT molecular complexity index is 627. The summed E-state index contributed by atoms with van der Waals surface area (Å²) in [5, 5.41) is 0. The molecule has 0 unspecified atom stereocenters. The van der Waals surface area contributed by atoms with Crippen LogP contribution in [0, 0.1) is 11.8 Å². The number of anilines is 4. The van der Waals surface area contributed by atoms with Crippen LogP contribution < -0.4 is 34.0 Å². The predicted molar refractivity (Wildman–Crippen MR) is 94.7 cm³/mol. The molecule has 2 aromatic carbocycles. The summed E-state index contributed by atoms with van der Waals surface area (Å²) in [6, 6.07) is 10.7. The van der Waals surface area contributed by atoms with Crippen LogP contribution in [-0.2, 0) is 0 Å². The normalized spacial score (nSPS) is 8.91. The van der Waals surface area contributed by atoms with Crippen molar-refractivity contribution in [1.82, 2.24) is 0 Å². The van der Waals surface area contributed by atoms with Crippen molar-refractivity contribution >= 4 is 22.7 Å². The third kappa shape index (κ3) is 4.31. The SMILES string of the molecule is CC.NNc1ccc(C#Cc2ccc(NN)c(N)c2)cc1N. The largest absolute Gasteiger partial charge is 0.397 e. The number of nitrogens with one attached hydrogen (secondary N) is 2. The molecule has 22 heavy (non-hydrogen) atoms. The molecular formula is C16H22N6. The van der Waals surface area contributed by atoms with Crippen molar-refractivity contribution < 1.29 is 0 Å². The highest BCUT2D eigenvalue weighted by Crippen LogP contribution is 2.19. The first-order valence-corrected chi connectivity index (χ1v) is 6.88. The Morgan fingerprint density at radius 1 is 0.727 bits per heavy atom. The van der Waals surface area contributed by atoms with Crippen LogP contribution in [0.2, 0.25) is 0 Å². The van der Waals surface area contributed by atoms with Crippen LogP contribution in [0.5, 0.6) is 0 Å². The molecule has 0 heterocycles. The van der Waals surface area contributed by atoms with Crippen molar-refractivity contribution in [3.63, 3.8) is 0 Å². The second kappa shape index (κ2) is 8.42. The summed E-state index contributed by atoms with van der Waals surface area (Å²) in [6.45, 7) is 4.00. The van der Waals surface area contributed by atoms with Gasteiger partial charge in [-0.25, -0.2) is 0 Å². The quantitative estimate of drug-likeness (QED) is 0.217. The third-order valence-corrected chi connectivity index (χ3v) is 2.77. The van der Waals surface area contributed by atoms with Gasteiger partial charge in [0.15, 0.2) is 0 Å². The Kier molecular flexibility index (Phi) is 6.57. The number of nitrogens with two attached hydrogens (primary N) is 4. The van der Waals surface area contributed by atoms with E-state index in [1.165, 1.54) is 0 Å². The van der Waals surface area contributed by atoms with E-state index in [1.54, 1.807) is 24.3 Å². The Morgan fingerprint density at radius 2 is 1.09 bits per heavy atom. The van der Waals surface area contributed by atoms with Gasteiger partial charge in [0.25, 0.3) is 0 Å². The first kappa shape index (κ1) is 17.2. The maximum atomic E-state index is 5.81. The summed E-state index contributed by atoms with van der Waals surface area (Å²) < 4.78 is 0. The van der Waals surface area contributed by atoms with Gasteiger partial charge in [-0.05, 0) is 36.4 Å². The third-order valence-electron chi connectivity index (χ3n) is 2.77. The summed E-state index contributed by atoms with van der Waals surface area (Å²) in [6.07, 6.45) is 0. The van der Waals surface area contributed by atoms with Crippen LogP contribution in [-0.4, -0.2) is 0 Å². The maximum Gasteiger partial charge on any atom is 0.0716 e. The Morgan fingerprint density at radius 3 is 1.36 bits per heavy atom. The molecule has 0 saturated heterocycles. The summed E-state index contributed by atoms with van der Waals surface area (Å²) in [4.78, 5) is 0. The maximum absolute atomic E-state index is 5.81. The molecule has 0 amide bonds. The summed E-state index contributed by atoms with van der Waals surface area (Å²) in [5.74, 6) is 16.7. The Labute approximate surface area is 130 Å². The van der Waals surface area contributed by atoms with Crippen molar-refractivity contribution in [2.24, 2.45) is 11.7 Å². The van der Waals surface area contributed by atoms with Gasteiger partial charge in [0, 0.05) is 11.1 Å². The first-order valence-electron chi connectivity index (χ1n) is 6.88. The highest BCUT2D eigenvalue weighted by molar-refractivity contribution is 5.69. The highest BCUT2D eigenvalue weighted by atomic mass is 15.2. The second-order valence-corrected chi connectivity index (χ2v) is 4.14. The Hall–Kier alpha value is -2.88. The molecule has 116 valence electrons. The van der Waals surface area contributed by atoms with Gasteiger partial charge in [0.2, 0.25) is 0 Å². The van der Waals surface area contributed by atoms with Crippen molar-refractivity contribution in [2.45, 2.75) is 13.8 Å². The first-order chi connectivity index (χ1) is 10.6. The van der Waals surface area contributed by atoms with E-state index in [2.05, 4.69) is 22.7 Å². The number of rotatable bonds is 2. The average Bonchev–Trinajstić information content (AvgIpc) is 2.55. The molecule has 0 spiro atoms. The van der Waals surface area contributed by atoms with Gasteiger partial charge in [0.1, 0.15) is 0 Å². The monoisotopic (exact) mass is 298 g/mol. The van der Waals surface area contributed by atoms with Crippen molar-refractivity contribution in [1.29, 1.82) is 0 Å². The lowest BCUT2D eigenvalue weighted by atomic mass is 10.1. The van der Waals surface area contributed by atoms with E-state index in [-0.39, 0.29) is 0 Å². The van der Waals surface area contributed by atoms with Crippen LogP contribution in [0.15, 0.2) is 36.4 Å². The van der Waals surface area contributed by atoms with Crippen LogP contribution in [0.4, 0.5) is 22.7 Å². The molecule has 0 aliphatic heterocycles. The minimum atomic E-state index is 0.543. The van der Waals surface area contributed by atoms with Crippen LogP contribution in [0.1, 0.15) is 25.0 Å². The van der Waals surface area contributed by atoms with Gasteiger partial charge >= 0.3 is 0 Å². The summed E-state index contributed by atoms with van der Waals surface area (Å²) >= 11 is 0. The lowest BCUT2D eigenvalue weighted by Gasteiger charge is -2.04. The molecule has 6 heteroatoms. The van der Waals surface area contributed by atoms with E-state index >= 15 is 0 Å².